The summed E-state index contributed by atoms with van der Waals surface area (Å²) >= 11 is 1.29. The molecule has 0 saturated carbocycles. The number of benzene rings is 1. The summed E-state index contributed by atoms with van der Waals surface area (Å²) in [6.07, 6.45) is 1.76. The highest BCUT2D eigenvalue weighted by molar-refractivity contribution is 7.99. The maximum Gasteiger partial charge on any atom is 0.278 e. The van der Waals surface area contributed by atoms with Crippen LogP contribution in [-0.2, 0) is 11.2 Å². The number of amides is 1. The van der Waals surface area contributed by atoms with Crippen LogP contribution in [-0.4, -0.2) is 26.2 Å². The summed E-state index contributed by atoms with van der Waals surface area (Å²) in [5.41, 5.74) is 3.95. The molecule has 148 valence electrons. The summed E-state index contributed by atoms with van der Waals surface area (Å²) in [5.74, 6) is 0.0670. The summed E-state index contributed by atoms with van der Waals surface area (Å²) < 4.78 is 1.69. The molecule has 0 radical (unpaired) electrons. The number of thioether (sulfide) groups is 1. The average molecular weight is 399 g/mol. The monoisotopic (exact) mass is 398 g/mol. The van der Waals surface area contributed by atoms with Gasteiger partial charge < -0.3 is 10.3 Å². The number of anilines is 1. The van der Waals surface area contributed by atoms with Gasteiger partial charge in [-0.1, -0.05) is 37.7 Å². The van der Waals surface area contributed by atoms with Crippen LogP contribution in [0.25, 0.3) is 11.0 Å². The van der Waals surface area contributed by atoms with E-state index < -0.39 is 0 Å². The van der Waals surface area contributed by atoms with Crippen molar-refractivity contribution in [2.75, 3.05) is 11.1 Å². The van der Waals surface area contributed by atoms with E-state index in [0.717, 1.165) is 24.2 Å². The van der Waals surface area contributed by atoms with Gasteiger partial charge in [0.1, 0.15) is 5.52 Å². The number of aromatic nitrogens is 3. The molecule has 0 fully saturated rings. The van der Waals surface area contributed by atoms with Crippen LogP contribution in [0, 0.1) is 6.92 Å². The van der Waals surface area contributed by atoms with Crippen molar-refractivity contribution in [3.05, 3.63) is 51.9 Å². The molecule has 0 aliphatic rings. The molecule has 28 heavy (non-hydrogen) atoms. The fourth-order valence-electron chi connectivity index (χ4n) is 3.01. The number of hydrogen-bond donors (Lipinski definition) is 2. The average Bonchev–Trinajstić information content (AvgIpc) is 3.07. The lowest BCUT2D eigenvalue weighted by molar-refractivity contribution is -0.113. The van der Waals surface area contributed by atoms with Crippen molar-refractivity contribution in [1.29, 1.82) is 0 Å². The third kappa shape index (κ3) is 4.30. The van der Waals surface area contributed by atoms with Crippen LogP contribution in [0.2, 0.25) is 0 Å². The topological polar surface area (TPSA) is 79.8 Å². The van der Waals surface area contributed by atoms with Gasteiger partial charge in [-0.25, -0.2) is 4.98 Å². The number of carbonyl (C=O) groups is 1. The van der Waals surface area contributed by atoms with Crippen molar-refractivity contribution in [1.82, 2.24) is 14.5 Å². The van der Waals surface area contributed by atoms with E-state index in [9.17, 15) is 9.59 Å². The fourth-order valence-corrected chi connectivity index (χ4v) is 3.91. The number of carbonyl (C=O) groups excluding carboxylic acids is 1. The van der Waals surface area contributed by atoms with Crippen LogP contribution in [0.4, 0.5) is 5.69 Å². The third-order valence-corrected chi connectivity index (χ3v) is 5.75. The van der Waals surface area contributed by atoms with E-state index in [1.165, 1.54) is 17.3 Å². The molecule has 1 amide bonds. The van der Waals surface area contributed by atoms with E-state index in [1.54, 1.807) is 4.57 Å². The lowest BCUT2D eigenvalue weighted by atomic mass is 10.1. The standard InChI is InChI=1S/C21H26N4O2S/c1-5-14(4)25-20(27)19-17(11-13(3)22-19)24-21(25)28-12-18(26)23-16-9-7-15(6-2)8-10-16/h7-11,14,22H,5-6,12H2,1-4H3,(H,23,26). The van der Waals surface area contributed by atoms with Gasteiger partial charge in [0, 0.05) is 17.4 Å². The van der Waals surface area contributed by atoms with E-state index in [1.807, 2.05) is 51.1 Å². The summed E-state index contributed by atoms with van der Waals surface area (Å²) in [7, 11) is 0. The summed E-state index contributed by atoms with van der Waals surface area (Å²) in [4.78, 5) is 33.1. The minimum atomic E-state index is -0.121. The van der Waals surface area contributed by atoms with Gasteiger partial charge in [-0.2, -0.15) is 0 Å². The molecule has 0 saturated heterocycles. The smallest absolute Gasteiger partial charge is 0.278 e. The number of fused-ring (bicyclic) bond motifs is 1. The molecule has 0 aliphatic heterocycles. The Labute approximate surface area is 168 Å². The Morgan fingerprint density at radius 3 is 2.64 bits per heavy atom. The van der Waals surface area contributed by atoms with E-state index >= 15 is 0 Å². The van der Waals surface area contributed by atoms with Gasteiger partial charge in [-0.15, -0.1) is 0 Å². The highest BCUT2D eigenvalue weighted by Crippen LogP contribution is 2.23. The number of H-pyrrole nitrogens is 1. The van der Waals surface area contributed by atoms with Crippen LogP contribution < -0.4 is 10.9 Å². The van der Waals surface area contributed by atoms with Crippen LogP contribution in [0.15, 0.2) is 40.3 Å². The van der Waals surface area contributed by atoms with Crippen LogP contribution in [0.1, 0.15) is 44.5 Å². The Kier molecular flexibility index (Phi) is 6.24. The normalized spacial score (nSPS) is 12.3. The zero-order valence-corrected chi connectivity index (χ0v) is 17.5. The maximum absolute atomic E-state index is 12.9. The first-order valence-electron chi connectivity index (χ1n) is 9.56. The summed E-state index contributed by atoms with van der Waals surface area (Å²) in [6.45, 7) is 8.02. The number of aryl methyl sites for hydroxylation is 2. The van der Waals surface area contributed by atoms with Gasteiger partial charge in [0.05, 0.1) is 11.3 Å². The zero-order chi connectivity index (χ0) is 20.3. The molecule has 2 N–H and O–H groups in total. The van der Waals surface area contributed by atoms with Gasteiger partial charge in [-0.3, -0.25) is 14.2 Å². The Morgan fingerprint density at radius 1 is 1.29 bits per heavy atom. The predicted octanol–water partition coefficient (Wildman–Crippen LogP) is 4.30. The molecule has 7 heteroatoms. The quantitative estimate of drug-likeness (QED) is 0.459. The molecule has 1 unspecified atom stereocenters. The largest absolute Gasteiger partial charge is 0.353 e. The Bertz CT molecular complexity index is 1040. The summed E-state index contributed by atoms with van der Waals surface area (Å²) in [5, 5.41) is 3.47. The molecule has 0 spiro atoms. The second-order valence-corrected chi connectivity index (χ2v) is 7.87. The molecule has 3 aromatic rings. The van der Waals surface area contributed by atoms with Crippen molar-refractivity contribution in [3.8, 4) is 0 Å². The minimum Gasteiger partial charge on any atom is -0.353 e. The van der Waals surface area contributed by atoms with Crippen molar-refractivity contribution in [3.63, 3.8) is 0 Å². The Hall–Kier alpha value is -2.54. The van der Waals surface area contributed by atoms with E-state index in [0.29, 0.717) is 16.2 Å². The molecular weight excluding hydrogens is 372 g/mol. The van der Waals surface area contributed by atoms with E-state index in [2.05, 4.69) is 22.2 Å². The first-order chi connectivity index (χ1) is 13.4. The number of rotatable bonds is 7. The third-order valence-electron chi connectivity index (χ3n) is 4.80. The van der Waals surface area contributed by atoms with Crippen molar-refractivity contribution < 1.29 is 4.79 Å². The second kappa shape index (κ2) is 8.65. The SMILES string of the molecule is CCc1ccc(NC(=O)CSc2nc3cc(C)[nH]c3c(=O)n2C(C)CC)cc1. The molecule has 1 atom stereocenters. The fraction of sp³-hybridized carbons (Fsp3) is 0.381. The second-order valence-electron chi connectivity index (χ2n) is 6.93. The molecule has 2 heterocycles. The summed E-state index contributed by atoms with van der Waals surface area (Å²) in [6, 6.07) is 9.68. The van der Waals surface area contributed by atoms with Crippen LogP contribution >= 0.6 is 11.8 Å². The number of nitrogens with one attached hydrogen (secondary N) is 2. The molecule has 6 nitrogen and oxygen atoms in total. The predicted molar refractivity (Wildman–Crippen MR) is 115 cm³/mol. The number of hydrogen-bond acceptors (Lipinski definition) is 4. The lowest BCUT2D eigenvalue weighted by Gasteiger charge is -2.17. The number of aromatic amines is 1. The molecule has 3 rings (SSSR count). The van der Waals surface area contributed by atoms with E-state index in [-0.39, 0.29) is 23.3 Å². The van der Waals surface area contributed by atoms with Crippen molar-refractivity contribution in [2.24, 2.45) is 0 Å². The maximum atomic E-state index is 12.9. The highest BCUT2D eigenvalue weighted by atomic mass is 32.2. The molecule has 0 bridgehead atoms. The van der Waals surface area contributed by atoms with Crippen molar-refractivity contribution in [2.45, 2.75) is 51.7 Å². The highest BCUT2D eigenvalue weighted by Gasteiger charge is 2.18. The molecule has 1 aromatic carbocycles. The van der Waals surface area contributed by atoms with E-state index in [4.69, 9.17) is 0 Å². The Balaban J connectivity index is 1.80. The van der Waals surface area contributed by atoms with Crippen molar-refractivity contribution >= 4 is 34.4 Å². The Morgan fingerprint density at radius 2 is 2.00 bits per heavy atom. The van der Waals surface area contributed by atoms with Crippen LogP contribution in [0.5, 0.6) is 0 Å². The van der Waals surface area contributed by atoms with Gasteiger partial charge in [-0.05, 0) is 50.5 Å². The molecule has 0 aliphatic carbocycles. The number of nitrogens with zero attached hydrogens (tertiary/aromatic N) is 2. The first kappa shape index (κ1) is 20.2. The minimum absolute atomic E-state index is 0.000144. The molecular formula is C21H26N4O2S. The van der Waals surface area contributed by atoms with Gasteiger partial charge >= 0.3 is 0 Å². The van der Waals surface area contributed by atoms with Gasteiger partial charge in [0.2, 0.25) is 5.91 Å². The van der Waals surface area contributed by atoms with Crippen LogP contribution in [0.3, 0.4) is 0 Å². The van der Waals surface area contributed by atoms with Gasteiger partial charge in [0.25, 0.3) is 5.56 Å². The zero-order valence-electron chi connectivity index (χ0n) is 16.7. The first-order valence-corrected chi connectivity index (χ1v) is 10.5. The van der Waals surface area contributed by atoms with Gasteiger partial charge in [0.15, 0.2) is 5.16 Å². The molecule has 2 aromatic heterocycles. The lowest BCUT2D eigenvalue weighted by Crippen LogP contribution is -2.26.